The van der Waals surface area contributed by atoms with E-state index >= 15 is 0 Å². The van der Waals surface area contributed by atoms with E-state index < -0.39 is 6.10 Å². The fourth-order valence-electron chi connectivity index (χ4n) is 8.34. The van der Waals surface area contributed by atoms with Crippen LogP contribution in [0.4, 0.5) is 0 Å². The average Bonchev–Trinajstić information content (AvgIpc) is 3.23. The zero-order valence-corrected chi connectivity index (χ0v) is 41.8. The van der Waals surface area contributed by atoms with Gasteiger partial charge in [0.2, 0.25) is 0 Å². The lowest BCUT2D eigenvalue weighted by Crippen LogP contribution is -2.30. The van der Waals surface area contributed by atoms with E-state index in [1.165, 1.54) is 193 Å². The Kier molecular flexibility index (Phi) is 46.6. The largest absolute Gasteiger partial charge is 0.462 e. The molecule has 61 heavy (non-hydrogen) atoms. The molecule has 0 aromatic carbocycles. The van der Waals surface area contributed by atoms with E-state index in [9.17, 15) is 14.4 Å². The summed E-state index contributed by atoms with van der Waals surface area (Å²) in [6.45, 7) is 11.4. The maximum atomic E-state index is 12.8. The van der Waals surface area contributed by atoms with Crippen molar-refractivity contribution in [3.63, 3.8) is 0 Å². The molecule has 0 radical (unpaired) electrons. The summed E-state index contributed by atoms with van der Waals surface area (Å²) in [7, 11) is 0. The van der Waals surface area contributed by atoms with Crippen LogP contribution in [-0.2, 0) is 28.6 Å². The Labute approximate surface area is 380 Å². The van der Waals surface area contributed by atoms with Crippen molar-refractivity contribution in [3.05, 3.63) is 0 Å². The van der Waals surface area contributed by atoms with Gasteiger partial charge in [-0.25, -0.2) is 0 Å². The molecule has 0 aliphatic rings. The van der Waals surface area contributed by atoms with Crippen molar-refractivity contribution in [1.29, 1.82) is 0 Å². The van der Waals surface area contributed by atoms with Crippen LogP contribution in [0.15, 0.2) is 0 Å². The highest BCUT2D eigenvalue weighted by molar-refractivity contribution is 5.71. The topological polar surface area (TPSA) is 78.9 Å². The Morgan fingerprint density at radius 3 is 0.803 bits per heavy atom. The van der Waals surface area contributed by atoms with Crippen molar-refractivity contribution >= 4 is 17.9 Å². The number of unbranched alkanes of at least 4 members (excludes halogenated alkanes) is 34. The molecule has 6 heteroatoms. The summed E-state index contributed by atoms with van der Waals surface area (Å²) in [4.78, 5) is 38.0. The summed E-state index contributed by atoms with van der Waals surface area (Å²) in [6, 6.07) is 0. The van der Waals surface area contributed by atoms with Crippen LogP contribution in [-0.4, -0.2) is 37.2 Å². The van der Waals surface area contributed by atoms with E-state index in [-0.39, 0.29) is 31.1 Å². The second-order valence-electron chi connectivity index (χ2n) is 19.8. The van der Waals surface area contributed by atoms with E-state index in [0.29, 0.717) is 19.3 Å². The quantitative estimate of drug-likeness (QED) is 0.0344. The van der Waals surface area contributed by atoms with Gasteiger partial charge in [-0.3, -0.25) is 14.4 Å². The van der Waals surface area contributed by atoms with Crippen LogP contribution in [0.1, 0.15) is 304 Å². The molecule has 0 amide bonds. The van der Waals surface area contributed by atoms with Gasteiger partial charge in [0.15, 0.2) is 6.10 Å². The van der Waals surface area contributed by atoms with Crippen LogP contribution < -0.4 is 0 Å². The summed E-state index contributed by atoms with van der Waals surface area (Å²) in [5, 5.41) is 0. The van der Waals surface area contributed by atoms with E-state index in [2.05, 4.69) is 34.6 Å². The molecule has 0 saturated carbocycles. The number of rotatable bonds is 49. The van der Waals surface area contributed by atoms with Crippen molar-refractivity contribution in [2.24, 2.45) is 11.8 Å². The molecule has 0 aliphatic heterocycles. The molecule has 0 rings (SSSR count). The molecule has 0 fully saturated rings. The van der Waals surface area contributed by atoms with E-state index in [4.69, 9.17) is 14.2 Å². The molecule has 0 aromatic rings. The first-order valence-electron chi connectivity index (χ1n) is 27.2. The molecule has 362 valence electrons. The van der Waals surface area contributed by atoms with Gasteiger partial charge in [0.1, 0.15) is 13.2 Å². The van der Waals surface area contributed by atoms with Gasteiger partial charge in [-0.15, -0.1) is 0 Å². The summed E-state index contributed by atoms with van der Waals surface area (Å²) in [5.41, 5.74) is 0. The number of carbonyl (C=O) groups excluding carboxylic acids is 3. The van der Waals surface area contributed by atoms with Crippen LogP contribution in [0.25, 0.3) is 0 Å². The highest BCUT2D eigenvalue weighted by Crippen LogP contribution is 2.18. The number of esters is 3. The normalized spacial score (nSPS) is 12.0. The first-order chi connectivity index (χ1) is 29.7. The highest BCUT2D eigenvalue weighted by atomic mass is 16.6. The second-order valence-corrected chi connectivity index (χ2v) is 19.8. The monoisotopic (exact) mass is 863 g/mol. The van der Waals surface area contributed by atoms with Gasteiger partial charge in [0, 0.05) is 19.3 Å². The van der Waals surface area contributed by atoms with Crippen LogP contribution in [0, 0.1) is 11.8 Å². The Balaban J connectivity index is 4.31. The smallest absolute Gasteiger partial charge is 0.306 e. The van der Waals surface area contributed by atoms with Gasteiger partial charge in [-0.2, -0.15) is 0 Å². The average molecular weight is 863 g/mol. The summed E-state index contributed by atoms with van der Waals surface area (Å²) in [5.74, 6) is 0.808. The molecule has 0 bridgehead atoms. The number of ether oxygens (including phenoxy) is 3. The van der Waals surface area contributed by atoms with E-state index in [0.717, 1.165) is 69.6 Å². The molecule has 0 heterocycles. The molecule has 0 N–H and O–H groups in total. The Hall–Kier alpha value is -1.59. The minimum absolute atomic E-state index is 0.0633. The van der Waals surface area contributed by atoms with Crippen molar-refractivity contribution in [2.45, 2.75) is 310 Å². The molecule has 0 spiro atoms. The zero-order valence-electron chi connectivity index (χ0n) is 41.8. The molecule has 0 aromatic heterocycles. The first-order valence-corrected chi connectivity index (χ1v) is 27.2. The maximum Gasteiger partial charge on any atom is 0.306 e. The predicted molar refractivity (Wildman–Crippen MR) is 261 cm³/mol. The zero-order chi connectivity index (χ0) is 44.7. The maximum absolute atomic E-state index is 12.8. The lowest BCUT2D eigenvalue weighted by Gasteiger charge is -2.18. The van der Waals surface area contributed by atoms with Gasteiger partial charge in [-0.1, -0.05) is 266 Å². The SMILES string of the molecule is CCCCCCCCCCCCCCCCCC(=O)O[C@H](COC(=O)CCCCCCCCCCCCCCC(C)C)COC(=O)CCCCCCCCCCCCC(C)C. The lowest BCUT2D eigenvalue weighted by atomic mass is 10.0. The molecule has 6 nitrogen and oxygen atoms in total. The third kappa shape index (κ3) is 49.3. The molecule has 0 saturated heterocycles. The van der Waals surface area contributed by atoms with Crippen molar-refractivity contribution in [3.8, 4) is 0 Å². The molecular weight excluding hydrogens is 757 g/mol. The molecule has 0 aliphatic carbocycles. The Morgan fingerprint density at radius 1 is 0.311 bits per heavy atom. The summed E-state index contributed by atoms with van der Waals surface area (Å²) < 4.78 is 16.8. The van der Waals surface area contributed by atoms with Gasteiger partial charge in [0.25, 0.3) is 0 Å². The standard InChI is InChI=1S/C55H106O6/c1-6-7-8-9-10-11-12-13-14-15-20-27-32-37-42-47-55(58)61-52(49-60-54(57)46-41-36-31-26-22-21-24-29-34-39-44-51(4)5)48-59-53(56)45-40-35-30-25-19-17-16-18-23-28-33-38-43-50(2)3/h50-52H,6-49H2,1-5H3/t52-/m1/s1. The summed E-state index contributed by atoms with van der Waals surface area (Å²) >= 11 is 0. The second kappa shape index (κ2) is 47.9. The van der Waals surface area contributed by atoms with Gasteiger partial charge >= 0.3 is 17.9 Å². The number of hydrogen-bond acceptors (Lipinski definition) is 6. The minimum atomic E-state index is -0.762. The van der Waals surface area contributed by atoms with Crippen molar-refractivity contribution < 1.29 is 28.6 Å². The van der Waals surface area contributed by atoms with E-state index in [1.807, 2.05) is 0 Å². The number of carbonyl (C=O) groups is 3. The van der Waals surface area contributed by atoms with E-state index in [1.54, 1.807) is 0 Å². The third-order valence-corrected chi connectivity index (χ3v) is 12.5. The number of hydrogen-bond donors (Lipinski definition) is 0. The minimum Gasteiger partial charge on any atom is -0.462 e. The lowest BCUT2D eigenvalue weighted by molar-refractivity contribution is -0.167. The van der Waals surface area contributed by atoms with Gasteiger partial charge < -0.3 is 14.2 Å². The molecule has 1 atom stereocenters. The Bertz CT molecular complexity index is 931. The first kappa shape index (κ1) is 59.4. The van der Waals surface area contributed by atoms with Crippen LogP contribution in [0.3, 0.4) is 0 Å². The molecule has 0 unspecified atom stereocenters. The van der Waals surface area contributed by atoms with Crippen LogP contribution in [0.2, 0.25) is 0 Å². The van der Waals surface area contributed by atoms with Crippen molar-refractivity contribution in [2.75, 3.05) is 13.2 Å². The fourth-order valence-corrected chi connectivity index (χ4v) is 8.34. The fraction of sp³-hybridized carbons (Fsp3) is 0.945. The van der Waals surface area contributed by atoms with Gasteiger partial charge in [-0.05, 0) is 31.1 Å². The highest BCUT2D eigenvalue weighted by Gasteiger charge is 2.19. The molecular formula is C55H106O6. The third-order valence-electron chi connectivity index (χ3n) is 12.5. The van der Waals surface area contributed by atoms with Crippen LogP contribution >= 0.6 is 0 Å². The summed E-state index contributed by atoms with van der Waals surface area (Å²) in [6.07, 6.45) is 49.4. The van der Waals surface area contributed by atoms with Gasteiger partial charge in [0.05, 0.1) is 0 Å². The van der Waals surface area contributed by atoms with Crippen molar-refractivity contribution in [1.82, 2.24) is 0 Å². The van der Waals surface area contributed by atoms with Crippen LogP contribution in [0.5, 0.6) is 0 Å². The Morgan fingerprint density at radius 2 is 0.541 bits per heavy atom. The predicted octanol–water partition coefficient (Wildman–Crippen LogP) is 17.7.